The summed E-state index contributed by atoms with van der Waals surface area (Å²) >= 11 is 0. The summed E-state index contributed by atoms with van der Waals surface area (Å²) < 4.78 is 5.17. The van der Waals surface area contributed by atoms with Crippen LogP contribution in [-0.4, -0.2) is 67.1 Å². The summed E-state index contributed by atoms with van der Waals surface area (Å²) in [5.41, 5.74) is 0. The van der Waals surface area contributed by atoms with Gasteiger partial charge in [-0.2, -0.15) is 15.0 Å². The molecule has 8 nitrogen and oxygen atoms in total. The molecular formula is C12H24N6O2. The molecule has 0 saturated heterocycles. The number of aliphatic hydroxyl groups is 1. The van der Waals surface area contributed by atoms with Gasteiger partial charge in [0.2, 0.25) is 17.8 Å². The van der Waals surface area contributed by atoms with E-state index in [0.29, 0.717) is 37.6 Å². The van der Waals surface area contributed by atoms with Crippen LogP contribution < -0.4 is 15.5 Å². The van der Waals surface area contributed by atoms with Crippen molar-refractivity contribution in [3.63, 3.8) is 0 Å². The summed E-state index contributed by atoms with van der Waals surface area (Å²) in [7, 11) is 3.76. The maximum Gasteiger partial charge on any atom is 0.231 e. The normalized spacial score (nSPS) is 10.4. The summed E-state index contributed by atoms with van der Waals surface area (Å²) in [5, 5.41) is 14.8. The van der Waals surface area contributed by atoms with Gasteiger partial charge in [-0.1, -0.05) is 6.92 Å². The largest absolute Gasteiger partial charge is 0.394 e. The van der Waals surface area contributed by atoms with Gasteiger partial charge in [0.15, 0.2) is 0 Å². The lowest BCUT2D eigenvalue weighted by atomic mass is 10.5. The van der Waals surface area contributed by atoms with Crippen molar-refractivity contribution in [1.29, 1.82) is 0 Å². The molecule has 20 heavy (non-hydrogen) atoms. The number of aliphatic hydroxyl groups excluding tert-OH is 1. The van der Waals surface area contributed by atoms with E-state index in [0.717, 1.165) is 13.0 Å². The van der Waals surface area contributed by atoms with E-state index in [1.165, 1.54) is 0 Å². The number of hydrogen-bond acceptors (Lipinski definition) is 8. The van der Waals surface area contributed by atoms with E-state index in [-0.39, 0.29) is 6.61 Å². The van der Waals surface area contributed by atoms with Crippen LogP contribution in [-0.2, 0) is 4.74 Å². The maximum atomic E-state index is 8.61. The maximum absolute atomic E-state index is 8.61. The average Bonchev–Trinajstić information content (AvgIpc) is 2.44. The molecule has 3 N–H and O–H groups in total. The molecule has 0 amide bonds. The molecule has 8 heteroatoms. The van der Waals surface area contributed by atoms with E-state index >= 15 is 0 Å². The summed E-state index contributed by atoms with van der Waals surface area (Å²) in [4.78, 5) is 14.7. The fourth-order valence-electron chi connectivity index (χ4n) is 1.36. The summed E-state index contributed by atoms with van der Waals surface area (Å²) in [6, 6.07) is 0. The first-order valence-electron chi connectivity index (χ1n) is 6.77. The highest BCUT2D eigenvalue weighted by atomic mass is 16.5. The third-order valence-corrected chi connectivity index (χ3v) is 2.32. The van der Waals surface area contributed by atoms with Gasteiger partial charge in [0.1, 0.15) is 0 Å². The second kappa shape index (κ2) is 9.27. The molecule has 0 unspecified atom stereocenters. The Hall–Kier alpha value is -1.67. The van der Waals surface area contributed by atoms with Crippen molar-refractivity contribution in [3.8, 4) is 0 Å². The Morgan fingerprint density at radius 3 is 2.25 bits per heavy atom. The first-order valence-corrected chi connectivity index (χ1v) is 6.77. The van der Waals surface area contributed by atoms with Crippen molar-refractivity contribution in [3.05, 3.63) is 0 Å². The number of ether oxygens (including phenoxy) is 1. The van der Waals surface area contributed by atoms with Gasteiger partial charge in [0.25, 0.3) is 0 Å². The Kier molecular flexibility index (Phi) is 7.59. The Morgan fingerprint density at radius 1 is 1.05 bits per heavy atom. The molecule has 0 atom stereocenters. The molecule has 114 valence electrons. The minimum atomic E-state index is 0.0294. The van der Waals surface area contributed by atoms with Gasteiger partial charge in [-0.25, -0.2) is 0 Å². The highest BCUT2D eigenvalue weighted by Gasteiger charge is 2.07. The van der Waals surface area contributed by atoms with Crippen LogP contribution in [0.5, 0.6) is 0 Å². The van der Waals surface area contributed by atoms with Gasteiger partial charge < -0.3 is 25.4 Å². The van der Waals surface area contributed by atoms with E-state index in [1.807, 2.05) is 19.0 Å². The lowest BCUT2D eigenvalue weighted by Crippen LogP contribution is -2.19. The van der Waals surface area contributed by atoms with Crippen molar-refractivity contribution in [1.82, 2.24) is 15.0 Å². The van der Waals surface area contributed by atoms with Crippen molar-refractivity contribution in [2.75, 3.05) is 62.5 Å². The number of anilines is 3. The van der Waals surface area contributed by atoms with Crippen LogP contribution in [0, 0.1) is 0 Å². The number of nitrogens with one attached hydrogen (secondary N) is 2. The lowest BCUT2D eigenvalue weighted by Gasteiger charge is -2.14. The average molecular weight is 284 g/mol. The molecule has 1 heterocycles. The van der Waals surface area contributed by atoms with Gasteiger partial charge >= 0.3 is 0 Å². The Balaban J connectivity index is 2.60. The summed E-state index contributed by atoms with van der Waals surface area (Å²) in [6.07, 6.45) is 1.00. The second-order valence-electron chi connectivity index (χ2n) is 4.37. The van der Waals surface area contributed by atoms with Crippen molar-refractivity contribution >= 4 is 17.8 Å². The molecular weight excluding hydrogens is 260 g/mol. The minimum absolute atomic E-state index is 0.0294. The smallest absolute Gasteiger partial charge is 0.231 e. The van der Waals surface area contributed by atoms with Gasteiger partial charge in [0, 0.05) is 27.2 Å². The third-order valence-electron chi connectivity index (χ3n) is 2.32. The highest BCUT2D eigenvalue weighted by molar-refractivity contribution is 5.42. The zero-order valence-corrected chi connectivity index (χ0v) is 12.4. The van der Waals surface area contributed by atoms with Crippen LogP contribution in [0.1, 0.15) is 13.3 Å². The first-order chi connectivity index (χ1) is 9.67. The molecule has 0 radical (unpaired) electrons. The number of rotatable bonds is 10. The second-order valence-corrected chi connectivity index (χ2v) is 4.37. The molecule has 0 saturated carbocycles. The monoisotopic (exact) mass is 284 g/mol. The molecule has 1 aromatic heterocycles. The van der Waals surface area contributed by atoms with Gasteiger partial charge in [0.05, 0.1) is 19.8 Å². The fraction of sp³-hybridized carbons (Fsp3) is 0.750. The topological polar surface area (TPSA) is 95.4 Å². The number of aromatic nitrogens is 3. The summed E-state index contributed by atoms with van der Waals surface area (Å²) in [6.45, 7) is 4.33. The molecule has 0 aliphatic heterocycles. The highest BCUT2D eigenvalue weighted by Crippen LogP contribution is 2.11. The predicted molar refractivity (Wildman–Crippen MR) is 79.3 cm³/mol. The molecule has 0 bridgehead atoms. The standard InChI is InChI=1S/C12H24N6O2/c1-4-5-13-10-15-11(14-6-8-20-9-7-19)17-12(16-10)18(2)3/h19H,4-9H2,1-3H3,(H2,13,14,15,16,17). The molecule has 0 fully saturated rings. The van der Waals surface area contributed by atoms with Crippen LogP contribution in [0.3, 0.4) is 0 Å². The zero-order chi connectivity index (χ0) is 14.8. The van der Waals surface area contributed by atoms with E-state index in [1.54, 1.807) is 0 Å². The fourth-order valence-corrected chi connectivity index (χ4v) is 1.36. The third kappa shape index (κ3) is 5.98. The molecule has 0 aliphatic rings. The van der Waals surface area contributed by atoms with Crippen LogP contribution in [0.2, 0.25) is 0 Å². The first kappa shape index (κ1) is 16.4. The quantitative estimate of drug-likeness (QED) is 0.524. The lowest BCUT2D eigenvalue weighted by molar-refractivity contribution is 0.0991. The SMILES string of the molecule is CCCNc1nc(NCCOCCO)nc(N(C)C)n1. The minimum Gasteiger partial charge on any atom is -0.394 e. The van der Waals surface area contributed by atoms with Gasteiger partial charge in [-0.3, -0.25) is 0 Å². The molecule has 0 aromatic carbocycles. The molecule has 0 spiro atoms. The Bertz CT molecular complexity index is 388. The molecule has 0 aliphatic carbocycles. The van der Waals surface area contributed by atoms with E-state index in [9.17, 15) is 0 Å². The van der Waals surface area contributed by atoms with E-state index in [2.05, 4.69) is 32.5 Å². The Morgan fingerprint density at radius 2 is 1.70 bits per heavy atom. The van der Waals surface area contributed by atoms with Crippen LogP contribution in [0.15, 0.2) is 0 Å². The van der Waals surface area contributed by atoms with Crippen LogP contribution in [0.4, 0.5) is 17.8 Å². The molecule has 1 rings (SSSR count). The Labute approximate surface area is 119 Å². The zero-order valence-electron chi connectivity index (χ0n) is 12.4. The van der Waals surface area contributed by atoms with Gasteiger partial charge in [-0.05, 0) is 6.42 Å². The van der Waals surface area contributed by atoms with Crippen molar-refractivity contribution in [2.45, 2.75) is 13.3 Å². The van der Waals surface area contributed by atoms with Crippen LogP contribution in [0.25, 0.3) is 0 Å². The summed E-state index contributed by atoms with van der Waals surface area (Å²) in [5.74, 6) is 1.66. The predicted octanol–water partition coefficient (Wildman–Crippen LogP) is 0.180. The molecule has 1 aromatic rings. The number of hydrogen-bond donors (Lipinski definition) is 3. The van der Waals surface area contributed by atoms with Crippen molar-refractivity contribution in [2.24, 2.45) is 0 Å². The van der Waals surface area contributed by atoms with E-state index in [4.69, 9.17) is 9.84 Å². The van der Waals surface area contributed by atoms with Crippen LogP contribution >= 0.6 is 0 Å². The van der Waals surface area contributed by atoms with Crippen molar-refractivity contribution < 1.29 is 9.84 Å². The van der Waals surface area contributed by atoms with E-state index < -0.39 is 0 Å². The number of nitrogens with zero attached hydrogens (tertiary/aromatic N) is 4. The van der Waals surface area contributed by atoms with Gasteiger partial charge in [-0.15, -0.1) is 0 Å².